The first-order valence-corrected chi connectivity index (χ1v) is 8.49. The van der Waals surface area contributed by atoms with Crippen LogP contribution in [-0.4, -0.2) is 25.0 Å². The van der Waals surface area contributed by atoms with E-state index < -0.39 is 0 Å². The first kappa shape index (κ1) is 18.0. The Morgan fingerprint density at radius 1 is 0.500 bits per heavy atom. The smallest absolute Gasteiger partial charge is 0.00218 e. The highest BCUT2D eigenvalue weighted by Gasteiger charge is 1.97. The maximum absolute atomic E-state index is 2.49. The highest BCUT2D eigenvalue weighted by molar-refractivity contribution is 4.53. The predicted octanol–water partition coefficient (Wildman–Crippen LogP) is 5.64. The van der Waals surface area contributed by atoms with Crippen molar-refractivity contribution in [3.63, 3.8) is 0 Å². The molecular weight excluding hydrogens is 218 g/mol. The number of nitrogens with zero attached hydrogens (tertiary/aromatic N) is 1. The summed E-state index contributed by atoms with van der Waals surface area (Å²) in [5.41, 5.74) is 0. The van der Waals surface area contributed by atoms with Crippen LogP contribution in [0.4, 0.5) is 0 Å². The van der Waals surface area contributed by atoms with Gasteiger partial charge in [0.25, 0.3) is 0 Å². The van der Waals surface area contributed by atoms with E-state index in [2.05, 4.69) is 25.8 Å². The molecule has 0 aromatic rings. The van der Waals surface area contributed by atoms with Gasteiger partial charge < -0.3 is 4.90 Å². The summed E-state index contributed by atoms with van der Waals surface area (Å²) in [6.07, 6.45) is 17.1. The van der Waals surface area contributed by atoms with E-state index in [4.69, 9.17) is 0 Å². The Morgan fingerprint density at radius 3 is 1.39 bits per heavy atom. The van der Waals surface area contributed by atoms with E-state index in [0.717, 1.165) is 0 Å². The largest absolute Gasteiger partial charge is 0.306 e. The van der Waals surface area contributed by atoms with Crippen LogP contribution in [0, 0.1) is 0 Å². The van der Waals surface area contributed by atoms with Crippen molar-refractivity contribution >= 4 is 0 Å². The number of rotatable bonds is 14. The number of unbranched alkanes of at least 4 members (excludes halogenated alkanes) is 10. The van der Waals surface area contributed by atoms with Crippen LogP contribution >= 0.6 is 0 Å². The summed E-state index contributed by atoms with van der Waals surface area (Å²) < 4.78 is 0. The fourth-order valence-electron chi connectivity index (χ4n) is 2.41. The summed E-state index contributed by atoms with van der Waals surface area (Å²) in [5.74, 6) is 0. The zero-order chi connectivity index (χ0) is 13.5. The van der Waals surface area contributed by atoms with Gasteiger partial charge in [-0.1, -0.05) is 78.1 Å². The minimum absolute atomic E-state index is 1.29. The van der Waals surface area contributed by atoms with Gasteiger partial charge in [0.05, 0.1) is 0 Å². The Hall–Kier alpha value is -0.0400. The minimum atomic E-state index is 1.29. The van der Waals surface area contributed by atoms with Gasteiger partial charge in [-0.3, -0.25) is 0 Å². The van der Waals surface area contributed by atoms with Gasteiger partial charge >= 0.3 is 0 Å². The lowest BCUT2D eigenvalue weighted by molar-refractivity contribution is 0.318. The van der Waals surface area contributed by atoms with E-state index in [-0.39, 0.29) is 0 Å². The second kappa shape index (κ2) is 15.0. The average Bonchev–Trinajstić information content (AvgIpc) is 2.38. The lowest BCUT2D eigenvalue weighted by Crippen LogP contribution is -2.20. The maximum atomic E-state index is 2.49. The molecule has 0 radical (unpaired) electrons. The molecule has 0 aromatic heterocycles. The molecule has 0 aliphatic heterocycles. The van der Waals surface area contributed by atoms with E-state index in [1.54, 1.807) is 0 Å². The van der Waals surface area contributed by atoms with Crippen LogP contribution in [-0.2, 0) is 0 Å². The average molecular weight is 255 g/mol. The molecule has 0 rings (SSSR count). The van der Waals surface area contributed by atoms with Gasteiger partial charge in [0.15, 0.2) is 0 Å². The SMILES string of the molecule is CCCCCCCCCCCCN(C)CCCC. The summed E-state index contributed by atoms with van der Waals surface area (Å²) in [7, 11) is 2.27. The van der Waals surface area contributed by atoms with Gasteiger partial charge in [-0.15, -0.1) is 0 Å². The summed E-state index contributed by atoms with van der Waals surface area (Å²) in [5, 5.41) is 0. The van der Waals surface area contributed by atoms with Crippen molar-refractivity contribution in [2.75, 3.05) is 20.1 Å². The molecule has 1 nitrogen and oxygen atoms in total. The molecule has 0 saturated heterocycles. The minimum Gasteiger partial charge on any atom is -0.306 e. The first-order valence-electron chi connectivity index (χ1n) is 8.49. The van der Waals surface area contributed by atoms with E-state index in [1.807, 2.05) is 0 Å². The molecule has 0 unspecified atom stereocenters. The van der Waals surface area contributed by atoms with Crippen LogP contribution in [0.5, 0.6) is 0 Å². The van der Waals surface area contributed by atoms with Crippen molar-refractivity contribution in [1.29, 1.82) is 0 Å². The molecule has 110 valence electrons. The standard InChI is InChI=1S/C17H37N/c1-4-6-8-9-10-11-12-13-14-15-17-18(3)16-7-5-2/h4-17H2,1-3H3. The molecule has 0 heterocycles. The first-order chi connectivity index (χ1) is 8.81. The molecule has 0 saturated carbocycles. The van der Waals surface area contributed by atoms with Crippen LogP contribution in [0.3, 0.4) is 0 Å². The van der Waals surface area contributed by atoms with Crippen LogP contribution in [0.15, 0.2) is 0 Å². The topological polar surface area (TPSA) is 3.24 Å². The molecule has 0 spiro atoms. The van der Waals surface area contributed by atoms with Crippen LogP contribution < -0.4 is 0 Å². The highest BCUT2D eigenvalue weighted by atomic mass is 15.1. The van der Waals surface area contributed by atoms with E-state index in [9.17, 15) is 0 Å². The Labute approximate surface area is 116 Å². The van der Waals surface area contributed by atoms with Crippen molar-refractivity contribution in [2.24, 2.45) is 0 Å². The van der Waals surface area contributed by atoms with Gasteiger partial charge in [0.1, 0.15) is 0 Å². The molecule has 0 aliphatic carbocycles. The second-order valence-corrected chi connectivity index (χ2v) is 5.84. The molecule has 0 fully saturated rings. The van der Waals surface area contributed by atoms with Gasteiger partial charge in [0.2, 0.25) is 0 Å². The third-order valence-corrected chi connectivity index (χ3v) is 3.79. The van der Waals surface area contributed by atoms with E-state index >= 15 is 0 Å². The fourth-order valence-corrected chi connectivity index (χ4v) is 2.41. The van der Waals surface area contributed by atoms with Crippen LogP contribution in [0.1, 0.15) is 90.9 Å². The lowest BCUT2D eigenvalue weighted by atomic mass is 10.1. The van der Waals surface area contributed by atoms with Gasteiger partial charge in [-0.05, 0) is 33.0 Å². The molecule has 0 aliphatic rings. The van der Waals surface area contributed by atoms with Gasteiger partial charge in [0, 0.05) is 0 Å². The maximum Gasteiger partial charge on any atom is -0.00218 e. The molecule has 0 amide bonds. The summed E-state index contributed by atoms with van der Waals surface area (Å²) in [6, 6.07) is 0. The summed E-state index contributed by atoms with van der Waals surface area (Å²) in [4.78, 5) is 2.49. The Morgan fingerprint density at radius 2 is 0.889 bits per heavy atom. The Kier molecular flexibility index (Phi) is 15.0. The Bertz CT molecular complexity index is 145. The van der Waals surface area contributed by atoms with Crippen molar-refractivity contribution in [3.8, 4) is 0 Å². The third-order valence-electron chi connectivity index (χ3n) is 3.79. The Balaban J connectivity index is 3.02. The monoisotopic (exact) mass is 255 g/mol. The number of hydrogen-bond acceptors (Lipinski definition) is 1. The quantitative estimate of drug-likeness (QED) is 0.363. The molecule has 0 bridgehead atoms. The number of hydrogen-bond donors (Lipinski definition) is 0. The van der Waals surface area contributed by atoms with Crippen molar-refractivity contribution < 1.29 is 0 Å². The predicted molar refractivity (Wildman–Crippen MR) is 84.2 cm³/mol. The van der Waals surface area contributed by atoms with Crippen LogP contribution in [0.2, 0.25) is 0 Å². The highest BCUT2D eigenvalue weighted by Crippen LogP contribution is 2.10. The molecule has 0 aromatic carbocycles. The normalized spacial score (nSPS) is 11.3. The molecule has 1 heteroatoms. The molecule has 18 heavy (non-hydrogen) atoms. The van der Waals surface area contributed by atoms with E-state index in [1.165, 1.54) is 90.1 Å². The van der Waals surface area contributed by atoms with Crippen molar-refractivity contribution in [3.05, 3.63) is 0 Å². The van der Waals surface area contributed by atoms with E-state index in [0.29, 0.717) is 0 Å². The van der Waals surface area contributed by atoms with Crippen LogP contribution in [0.25, 0.3) is 0 Å². The van der Waals surface area contributed by atoms with Crippen molar-refractivity contribution in [2.45, 2.75) is 90.9 Å². The van der Waals surface area contributed by atoms with Crippen molar-refractivity contribution in [1.82, 2.24) is 4.90 Å². The lowest BCUT2D eigenvalue weighted by Gasteiger charge is -2.15. The second-order valence-electron chi connectivity index (χ2n) is 5.84. The zero-order valence-electron chi connectivity index (χ0n) is 13.3. The summed E-state index contributed by atoms with van der Waals surface area (Å²) >= 11 is 0. The zero-order valence-corrected chi connectivity index (χ0v) is 13.3. The molecule has 0 atom stereocenters. The molecular formula is C17H37N. The fraction of sp³-hybridized carbons (Fsp3) is 1.00. The molecule has 0 N–H and O–H groups in total. The third kappa shape index (κ3) is 14.0. The van der Waals surface area contributed by atoms with Gasteiger partial charge in [-0.25, -0.2) is 0 Å². The van der Waals surface area contributed by atoms with Gasteiger partial charge in [-0.2, -0.15) is 0 Å². The summed E-state index contributed by atoms with van der Waals surface area (Å²) in [6.45, 7) is 7.15.